The standard InChI is InChI=1S/C25H19BrClF2N7O3S/c1-11-14(9-31-35(11)2)13-8-17(22(28)29)32-25-19(13)20(21(40-25)23(30)37)33-24(38)16-5-6-36(34-16)10-39-18-4-3-12(26)7-15(18)27/h3-9,22H,10H2,1-2H3,(H2,30,37)(H,33,38). The molecule has 0 aliphatic carbocycles. The number of carbonyl (C=O) groups excluding carboxylic acids is 2. The third-order valence-electron chi connectivity index (χ3n) is 6.01. The van der Waals surface area contributed by atoms with Crippen molar-refractivity contribution >= 4 is 66.6 Å². The van der Waals surface area contributed by atoms with Gasteiger partial charge in [0.05, 0.1) is 16.9 Å². The summed E-state index contributed by atoms with van der Waals surface area (Å²) < 4.78 is 36.9. The molecule has 15 heteroatoms. The van der Waals surface area contributed by atoms with Gasteiger partial charge >= 0.3 is 0 Å². The molecule has 2 amide bonds. The van der Waals surface area contributed by atoms with E-state index in [1.807, 2.05) is 0 Å². The Hall–Kier alpha value is -3.88. The van der Waals surface area contributed by atoms with E-state index in [0.29, 0.717) is 33.0 Å². The summed E-state index contributed by atoms with van der Waals surface area (Å²) in [5.74, 6) is -1.08. The molecule has 0 aliphatic rings. The number of thiophene rings is 1. The highest BCUT2D eigenvalue weighted by Gasteiger charge is 2.26. The molecule has 5 aromatic rings. The van der Waals surface area contributed by atoms with Crippen molar-refractivity contribution in [1.82, 2.24) is 24.5 Å². The van der Waals surface area contributed by atoms with Crippen LogP contribution in [0.25, 0.3) is 21.3 Å². The summed E-state index contributed by atoms with van der Waals surface area (Å²) in [5, 5.41) is 11.8. The van der Waals surface area contributed by atoms with Gasteiger partial charge in [0.2, 0.25) is 0 Å². The fourth-order valence-corrected chi connectivity index (χ4v) is 5.70. The summed E-state index contributed by atoms with van der Waals surface area (Å²) >= 11 is 10.3. The zero-order chi connectivity index (χ0) is 28.7. The minimum absolute atomic E-state index is 0.0107. The molecule has 0 saturated carbocycles. The van der Waals surface area contributed by atoms with Crippen molar-refractivity contribution in [2.75, 3.05) is 5.32 Å². The number of fused-ring (bicyclic) bond motifs is 1. The van der Waals surface area contributed by atoms with E-state index in [-0.39, 0.29) is 27.8 Å². The largest absolute Gasteiger partial charge is 0.470 e. The summed E-state index contributed by atoms with van der Waals surface area (Å²) in [6.45, 7) is 1.74. The average Bonchev–Trinajstić information content (AvgIpc) is 3.61. The number of nitrogens with one attached hydrogen (secondary N) is 1. The highest BCUT2D eigenvalue weighted by Crippen LogP contribution is 2.43. The predicted octanol–water partition coefficient (Wildman–Crippen LogP) is 5.94. The van der Waals surface area contributed by atoms with Crippen molar-refractivity contribution in [3.63, 3.8) is 0 Å². The van der Waals surface area contributed by atoms with E-state index in [1.165, 1.54) is 29.2 Å². The van der Waals surface area contributed by atoms with Crippen LogP contribution < -0.4 is 15.8 Å². The molecule has 0 atom stereocenters. The van der Waals surface area contributed by atoms with Gasteiger partial charge in [-0.3, -0.25) is 14.3 Å². The fourth-order valence-electron chi connectivity index (χ4n) is 3.96. The molecule has 0 fully saturated rings. The number of aryl methyl sites for hydroxylation is 1. The Morgan fingerprint density at radius 3 is 2.67 bits per heavy atom. The molecule has 3 N–H and O–H groups in total. The van der Waals surface area contributed by atoms with E-state index >= 15 is 0 Å². The topological polar surface area (TPSA) is 130 Å². The second-order valence-corrected chi connectivity index (χ2v) is 10.9. The number of benzene rings is 1. The Kier molecular flexibility index (Phi) is 7.57. The number of nitrogens with two attached hydrogens (primary N) is 1. The molecule has 40 heavy (non-hydrogen) atoms. The summed E-state index contributed by atoms with van der Waals surface area (Å²) in [6, 6.07) is 7.82. The van der Waals surface area contributed by atoms with E-state index in [4.69, 9.17) is 22.1 Å². The molecule has 0 bridgehead atoms. The normalized spacial score (nSPS) is 11.4. The smallest absolute Gasteiger partial charge is 0.280 e. The maximum atomic E-state index is 13.7. The molecule has 0 saturated heterocycles. The molecule has 0 radical (unpaired) electrons. The first-order valence-corrected chi connectivity index (χ1v) is 13.5. The molecule has 1 aromatic carbocycles. The minimum Gasteiger partial charge on any atom is -0.470 e. The van der Waals surface area contributed by atoms with Crippen LogP contribution in [0.2, 0.25) is 5.02 Å². The van der Waals surface area contributed by atoms with Crippen LogP contribution in [0.1, 0.15) is 38.0 Å². The number of pyridine rings is 1. The maximum Gasteiger partial charge on any atom is 0.280 e. The third kappa shape index (κ3) is 5.29. The lowest BCUT2D eigenvalue weighted by atomic mass is 10.0. The van der Waals surface area contributed by atoms with E-state index in [9.17, 15) is 18.4 Å². The van der Waals surface area contributed by atoms with Gasteiger partial charge in [-0.1, -0.05) is 27.5 Å². The van der Waals surface area contributed by atoms with Crippen LogP contribution in [-0.4, -0.2) is 36.4 Å². The third-order valence-corrected chi connectivity index (χ3v) is 7.90. The van der Waals surface area contributed by atoms with Crippen LogP contribution in [0, 0.1) is 6.92 Å². The maximum absolute atomic E-state index is 13.7. The molecule has 206 valence electrons. The zero-order valence-corrected chi connectivity index (χ0v) is 23.9. The van der Waals surface area contributed by atoms with Gasteiger partial charge in [-0.15, -0.1) is 11.3 Å². The molecule has 4 heterocycles. The van der Waals surface area contributed by atoms with Gasteiger partial charge in [-0.25, -0.2) is 18.4 Å². The lowest BCUT2D eigenvalue weighted by molar-refractivity contribution is 0.100. The number of hydrogen-bond acceptors (Lipinski definition) is 7. The van der Waals surface area contributed by atoms with Gasteiger partial charge in [-0.2, -0.15) is 10.2 Å². The van der Waals surface area contributed by atoms with Crippen LogP contribution >= 0.6 is 38.9 Å². The molecule has 4 aromatic heterocycles. The molecule has 0 unspecified atom stereocenters. The predicted molar refractivity (Wildman–Crippen MR) is 150 cm³/mol. The summed E-state index contributed by atoms with van der Waals surface area (Å²) in [7, 11) is 1.71. The average molecular weight is 651 g/mol. The highest BCUT2D eigenvalue weighted by atomic mass is 79.9. The number of hydrogen-bond donors (Lipinski definition) is 2. The number of aromatic nitrogens is 5. The molecule has 10 nitrogen and oxygen atoms in total. The lowest BCUT2D eigenvalue weighted by Gasteiger charge is -2.10. The second-order valence-electron chi connectivity index (χ2n) is 8.56. The Morgan fingerprint density at radius 1 is 1.25 bits per heavy atom. The summed E-state index contributed by atoms with van der Waals surface area (Å²) in [4.78, 5) is 29.7. The highest BCUT2D eigenvalue weighted by molar-refractivity contribution is 9.10. The second kappa shape index (κ2) is 10.9. The monoisotopic (exact) mass is 649 g/mol. The Morgan fingerprint density at radius 2 is 2.02 bits per heavy atom. The number of halogens is 4. The van der Waals surface area contributed by atoms with Crippen molar-refractivity contribution in [3.8, 4) is 16.9 Å². The summed E-state index contributed by atoms with van der Waals surface area (Å²) in [5.41, 5.74) is 6.74. The van der Waals surface area contributed by atoms with Crippen molar-refractivity contribution in [3.05, 3.63) is 74.2 Å². The van der Waals surface area contributed by atoms with Gasteiger partial charge in [0, 0.05) is 34.4 Å². The molecular formula is C25H19BrClF2N7O3S. The van der Waals surface area contributed by atoms with E-state index in [2.05, 4.69) is 36.4 Å². The van der Waals surface area contributed by atoms with Gasteiger partial charge in [-0.05, 0) is 42.8 Å². The quantitative estimate of drug-likeness (QED) is 0.214. The summed E-state index contributed by atoms with van der Waals surface area (Å²) in [6.07, 6.45) is 0.186. The van der Waals surface area contributed by atoms with Crippen LogP contribution in [-0.2, 0) is 13.8 Å². The van der Waals surface area contributed by atoms with Crippen molar-refractivity contribution in [2.24, 2.45) is 12.8 Å². The first-order valence-electron chi connectivity index (χ1n) is 11.5. The Bertz CT molecular complexity index is 1790. The Balaban J connectivity index is 1.50. The number of carbonyl (C=O) groups is 2. The number of ether oxygens (including phenoxy) is 1. The number of alkyl halides is 2. The lowest BCUT2D eigenvalue weighted by Crippen LogP contribution is -2.18. The molecular weight excluding hydrogens is 632 g/mol. The van der Waals surface area contributed by atoms with Crippen LogP contribution in [0.4, 0.5) is 14.5 Å². The molecule has 5 rings (SSSR count). The van der Waals surface area contributed by atoms with Gasteiger partial charge < -0.3 is 15.8 Å². The van der Waals surface area contributed by atoms with E-state index in [1.54, 1.807) is 36.9 Å². The van der Waals surface area contributed by atoms with Crippen molar-refractivity contribution < 1.29 is 23.1 Å². The number of amides is 2. The van der Waals surface area contributed by atoms with E-state index < -0.39 is 23.9 Å². The number of nitrogens with zero attached hydrogens (tertiary/aromatic N) is 5. The fraction of sp³-hybridized carbons (Fsp3) is 0.160. The first kappa shape index (κ1) is 27.7. The van der Waals surface area contributed by atoms with Crippen molar-refractivity contribution in [1.29, 1.82) is 0 Å². The number of rotatable bonds is 8. The van der Waals surface area contributed by atoms with Crippen LogP contribution in [0.3, 0.4) is 0 Å². The van der Waals surface area contributed by atoms with Gasteiger partial charge in [0.1, 0.15) is 21.2 Å². The van der Waals surface area contributed by atoms with Crippen LogP contribution in [0.15, 0.2) is 47.2 Å². The molecule has 0 aliphatic heterocycles. The number of anilines is 1. The Labute approximate surface area is 242 Å². The van der Waals surface area contributed by atoms with Crippen LogP contribution in [0.5, 0.6) is 5.75 Å². The van der Waals surface area contributed by atoms with Gasteiger partial charge in [0.15, 0.2) is 12.4 Å². The van der Waals surface area contributed by atoms with E-state index in [0.717, 1.165) is 15.8 Å². The molecule has 0 spiro atoms. The first-order chi connectivity index (χ1) is 19.0. The zero-order valence-electron chi connectivity index (χ0n) is 20.8. The van der Waals surface area contributed by atoms with Gasteiger partial charge in [0.25, 0.3) is 18.2 Å². The number of primary amides is 1. The minimum atomic E-state index is -2.87. The SMILES string of the molecule is Cc1c(-c2cc(C(F)F)nc3sc(C(N)=O)c(NC(=O)c4ccn(COc5ccc(Br)cc5Cl)n4)c23)cnn1C. The van der Waals surface area contributed by atoms with Crippen molar-refractivity contribution in [2.45, 2.75) is 20.1 Å².